The van der Waals surface area contributed by atoms with E-state index in [-0.39, 0.29) is 6.61 Å². The molecule has 0 spiro atoms. The van der Waals surface area contributed by atoms with Crippen LogP contribution < -0.4 is 0 Å². The summed E-state index contributed by atoms with van der Waals surface area (Å²) in [7, 11) is 1.57. The smallest absolute Gasteiger partial charge is 0.388 e. The van der Waals surface area contributed by atoms with E-state index in [0.29, 0.717) is 11.0 Å². The van der Waals surface area contributed by atoms with Crippen LogP contribution in [0.5, 0.6) is 0 Å². The normalized spacial score (nSPS) is 17.8. The molecule has 0 saturated heterocycles. The minimum atomic E-state index is -4.16. The van der Waals surface area contributed by atoms with Crippen LogP contribution in [0.25, 0.3) is 0 Å². The van der Waals surface area contributed by atoms with E-state index in [1.165, 1.54) is 0 Å². The Balaban J connectivity index is 3.84. The molecule has 3 N–H and O–H groups in total. The van der Waals surface area contributed by atoms with Crippen molar-refractivity contribution in [2.75, 3.05) is 47.5 Å². The minimum absolute atomic E-state index is 0.0594. The van der Waals surface area contributed by atoms with Gasteiger partial charge < -0.3 is 14.5 Å². The van der Waals surface area contributed by atoms with Crippen LogP contribution in [0, 0.1) is 0 Å². The molecule has 0 amide bonds. The van der Waals surface area contributed by atoms with Gasteiger partial charge in [-0.05, 0) is 0 Å². The SMILES string of the molecule is C[N+](C)(C)CCOP(=O)(O)OC[C@H](O)COO. The summed E-state index contributed by atoms with van der Waals surface area (Å²) in [6.45, 7) is -0.266. The number of hydrogen-bond donors (Lipinski definition) is 3. The molecule has 9 heteroatoms. The molecule has 0 bridgehead atoms. The van der Waals surface area contributed by atoms with E-state index < -0.39 is 27.1 Å². The summed E-state index contributed by atoms with van der Waals surface area (Å²) in [5.74, 6) is 0. The summed E-state index contributed by atoms with van der Waals surface area (Å²) in [5.41, 5.74) is 0. The first-order chi connectivity index (χ1) is 7.66. The fourth-order valence-corrected chi connectivity index (χ4v) is 1.53. The van der Waals surface area contributed by atoms with E-state index >= 15 is 0 Å². The summed E-state index contributed by atoms with van der Waals surface area (Å²) in [5, 5.41) is 17.1. The number of rotatable bonds is 9. The molecule has 0 aromatic rings. The van der Waals surface area contributed by atoms with Crippen LogP contribution in [-0.4, -0.2) is 73.4 Å². The van der Waals surface area contributed by atoms with Crippen molar-refractivity contribution in [2.24, 2.45) is 0 Å². The molecule has 1 unspecified atom stereocenters. The third kappa shape index (κ3) is 10.8. The third-order valence-corrected chi connectivity index (χ3v) is 2.70. The molecule has 0 aliphatic heterocycles. The zero-order valence-electron chi connectivity index (χ0n) is 10.3. The number of quaternary nitrogens is 1. The van der Waals surface area contributed by atoms with Crippen LogP contribution in [-0.2, 0) is 18.5 Å². The molecule has 0 aromatic heterocycles. The largest absolute Gasteiger partial charge is 0.472 e. The van der Waals surface area contributed by atoms with Crippen LogP contribution >= 0.6 is 7.82 Å². The van der Waals surface area contributed by atoms with Gasteiger partial charge in [0.05, 0.1) is 27.7 Å². The monoisotopic (exact) mass is 274 g/mol. The lowest BCUT2D eigenvalue weighted by Gasteiger charge is -2.24. The number of nitrogens with zero attached hydrogens (tertiary/aromatic N) is 1. The quantitative estimate of drug-likeness (QED) is 0.229. The van der Waals surface area contributed by atoms with Crippen LogP contribution in [0.15, 0.2) is 0 Å². The van der Waals surface area contributed by atoms with Gasteiger partial charge in [0, 0.05) is 0 Å². The van der Waals surface area contributed by atoms with Gasteiger partial charge in [-0.3, -0.25) is 14.3 Å². The molecule has 0 heterocycles. The summed E-state index contributed by atoms with van der Waals surface area (Å²) in [6, 6.07) is 0. The van der Waals surface area contributed by atoms with Gasteiger partial charge in [-0.15, -0.1) is 0 Å². The standard InChI is InChI=1S/C8H20NO7P/c1-9(2,3)4-5-15-17(12,13)16-7-8(10)6-14-11/h8,10H,4-7H2,1-3H3,(H-,11,12,13)/p+1/t8-/m1/s1. The Morgan fingerprint density at radius 2 is 1.82 bits per heavy atom. The van der Waals surface area contributed by atoms with E-state index in [1.807, 2.05) is 21.1 Å². The van der Waals surface area contributed by atoms with Gasteiger partial charge in [-0.1, -0.05) is 0 Å². The Morgan fingerprint density at radius 3 is 2.29 bits per heavy atom. The molecule has 0 radical (unpaired) electrons. The summed E-state index contributed by atoms with van der Waals surface area (Å²) < 4.78 is 21.1. The van der Waals surface area contributed by atoms with Crippen LogP contribution in [0.2, 0.25) is 0 Å². The number of phosphoric acid groups is 1. The maximum Gasteiger partial charge on any atom is 0.472 e. The zero-order valence-corrected chi connectivity index (χ0v) is 11.2. The summed E-state index contributed by atoms with van der Waals surface area (Å²) >= 11 is 0. The third-order valence-electron chi connectivity index (χ3n) is 1.71. The fourth-order valence-electron chi connectivity index (χ4n) is 0.782. The number of aliphatic hydroxyl groups excluding tert-OH is 1. The van der Waals surface area contributed by atoms with Crippen molar-refractivity contribution in [1.29, 1.82) is 0 Å². The summed E-state index contributed by atoms with van der Waals surface area (Å²) in [4.78, 5) is 12.9. The molecule has 0 aromatic carbocycles. The Labute approximate surface area is 100 Å². The number of likely N-dealkylation sites (N-methyl/N-ethyl adjacent to an activating group) is 1. The van der Waals surface area contributed by atoms with Crippen molar-refractivity contribution in [3.05, 3.63) is 0 Å². The van der Waals surface area contributed by atoms with Crippen molar-refractivity contribution < 1.29 is 38.2 Å². The number of hydrogen-bond acceptors (Lipinski definition) is 6. The molecule has 0 fully saturated rings. The molecule has 104 valence electrons. The summed E-state index contributed by atoms with van der Waals surface area (Å²) in [6.07, 6.45) is -1.19. The van der Waals surface area contributed by atoms with E-state index in [0.717, 1.165) is 0 Å². The highest BCUT2D eigenvalue weighted by Crippen LogP contribution is 2.43. The average Bonchev–Trinajstić information content (AvgIpc) is 2.13. The Morgan fingerprint density at radius 1 is 1.24 bits per heavy atom. The highest BCUT2D eigenvalue weighted by Gasteiger charge is 2.23. The Bertz CT molecular complexity index is 255. The lowest BCUT2D eigenvalue weighted by atomic mass is 10.4. The fraction of sp³-hybridized carbons (Fsp3) is 1.00. The van der Waals surface area contributed by atoms with Gasteiger partial charge >= 0.3 is 7.82 Å². The second-order valence-electron chi connectivity index (χ2n) is 4.56. The van der Waals surface area contributed by atoms with Gasteiger partial charge in [0.1, 0.15) is 25.9 Å². The van der Waals surface area contributed by atoms with Crippen molar-refractivity contribution in [3.63, 3.8) is 0 Å². The maximum atomic E-state index is 11.3. The number of aliphatic hydroxyl groups is 1. The van der Waals surface area contributed by atoms with Gasteiger partial charge in [-0.2, -0.15) is 0 Å². The molecule has 0 rings (SSSR count). The van der Waals surface area contributed by atoms with Gasteiger partial charge in [0.2, 0.25) is 0 Å². The van der Waals surface area contributed by atoms with E-state index in [1.54, 1.807) is 0 Å². The molecule has 0 aliphatic carbocycles. The minimum Gasteiger partial charge on any atom is -0.388 e. The maximum absolute atomic E-state index is 11.3. The average molecular weight is 274 g/mol. The second-order valence-corrected chi connectivity index (χ2v) is 6.01. The highest BCUT2D eigenvalue weighted by molar-refractivity contribution is 7.47. The molecule has 8 nitrogen and oxygen atoms in total. The Hall–Kier alpha value is -0.0500. The first-order valence-corrected chi connectivity index (χ1v) is 6.52. The van der Waals surface area contributed by atoms with Crippen molar-refractivity contribution in [3.8, 4) is 0 Å². The second kappa shape index (κ2) is 7.40. The van der Waals surface area contributed by atoms with Crippen molar-refractivity contribution >= 4 is 7.82 Å². The molecule has 2 atom stereocenters. The van der Waals surface area contributed by atoms with Crippen LogP contribution in [0.4, 0.5) is 0 Å². The highest BCUT2D eigenvalue weighted by atomic mass is 31.2. The van der Waals surface area contributed by atoms with Gasteiger partial charge in [0.15, 0.2) is 0 Å². The topological polar surface area (TPSA) is 105 Å². The van der Waals surface area contributed by atoms with Crippen molar-refractivity contribution in [2.45, 2.75) is 6.10 Å². The Kier molecular flexibility index (Phi) is 7.38. The molecule has 0 saturated carbocycles. The number of phosphoric ester groups is 1. The predicted molar refractivity (Wildman–Crippen MR) is 59.2 cm³/mol. The van der Waals surface area contributed by atoms with Gasteiger partial charge in [-0.25, -0.2) is 9.45 Å². The van der Waals surface area contributed by atoms with E-state index in [4.69, 9.17) is 14.9 Å². The molecule has 0 aliphatic rings. The lowest BCUT2D eigenvalue weighted by molar-refractivity contribution is -0.870. The first-order valence-electron chi connectivity index (χ1n) is 5.03. The van der Waals surface area contributed by atoms with Gasteiger partial charge in [0.25, 0.3) is 0 Å². The molecule has 17 heavy (non-hydrogen) atoms. The molecular weight excluding hydrogens is 253 g/mol. The lowest BCUT2D eigenvalue weighted by Crippen LogP contribution is -2.37. The van der Waals surface area contributed by atoms with Crippen molar-refractivity contribution in [1.82, 2.24) is 0 Å². The molecular formula is C8H21NO7P+. The first kappa shape index (κ1) is 16.9. The zero-order chi connectivity index (χ0) is 13.5. The van der Waals surface area contributed by atoms with E-state index in [2.05, 4.69) is 9.41 Å². The van der Waals surface area contributed by atoms with Crippen LogP contribution in [0.1, 0.15) is 0 Å². The van der Waals surface area contributed by atoms with E-state index in [9.17, 15) is 9.46 Å². The predicted octanol–water partition coefficient (Wildman–Crippen LogP) is -0.323. The van der Waals surface area contributed by atoms with Crippen LogP contribution in [0.3, 0.4) is 0 Å².